The van der Waals surface area contributed by atoms with E-state index in [-0.39, 0.29) is 18.4 Å². The summed E-state index contributed by atoms with van der Waals surface area (Å²) in [5.74, 6) is -0.483. The molecule has 2 N–H and O–H groups in total. The topological polar surface area (TPSA) is 58.2 Å². The van der Waals surface area contributed by atoms with Crippen LogP contribution < -0.4 is 10.6 Å². The number of carbonyl (C=O) groups excluding carboxylic acids is 2. The SMILES string of the molecule is CCC(C)Sc1ccc(NC(=O)CNC(=O)c2ccc(C)c(C)c2)c(C)c1. The Bertz CT molecular complexity index is 833. The van der Waals surface area contributed by atoms with E-state index in [9.17, 15) is 9.59 Å². The third-order valence-corrected chi connectivity index (χ3v) is 5.82. The van der Waals surface area contributed by atoms with Gasteiger partial charge < -0.3 is 10.6 Å². The maximum atomic E-state index is 12.2. The van der Waals surface area contributed by atoms with Gasteiger partial charge in [0.25, 0.3) is 5.91 Å². The molecule has 0 radical (unpaired) electrons. The summed E-state index contributed by atoms with van der Waals surface area (Å²) in [6, 6.07) is 11.5. The molecule has 1 atom stereocenters. The lowest BCUT2D eigenvalue weighted by Gasteiger charge is -2.13. The van der Waals surface area contributed by atoms with E-state index in [4.69, 9.17) is 0 Å². The summed E-state index contributed by atoms with van der Waals surface area (Å²) in [7, 11) is 0. The number of aryl methyl sites for hydroxylation is 3. The monoisotopic (exact) mass is 384 g/mol. The lowest BCUT2D eigenvalue weighted by atomic mass is 10.1. The maximum absolute atomic E-state index is 12.2. The Morgan fingerprint density at radius 3 is 2.37 bits per heavy atom. The highest BCUT2D eigenvalue weighted by Gasteiger charge is 2.11. The molecule has 0 saturated heterocycles. The second kappa shape index (κ2) is 9.60. The van der Waals surface area contributed by atoms with Crippen LogP contribution in [-0.2, 0) is 4.79 Å². The number of nitrogens with one attached hydrogen (secondary N) is 2. The first-order chi connectivity index (χ1) is 12.8. The van der Waals surface area contributed by atoms with Gasteiger partial charge in [0.15, 0.2) is 0 Å². The fourth-order valence-electron chi connectivity index (χ4n) is 2.51. The summed E-state index contributed by atoms with van der Waals surface area (Å²) in [5.41, 5.74) is 4.53. The number of rotatable bonds is 7. The van der Waals surface area contributed by atoms with Crippen LogP contribution in [0.5, 0.6) is 0 Å². The van der Waals surface area contributed by atoms with Crippen molar-refractivity contribution in [2.45, 2.75) is 51.2 Å². The third-order valence-electron chi connectivity index (χ3n) is 4.56. The van der Waals surface area contributed by atoms with Crippen LogP contribution in [0, 0.1) is 20.8 Å². The van der Waals surface area contributed by atoms with Crippen LogP contribution >= 0.6 is 11.8 Å². The van der Waals surface area contributed by atoms with Crippen LogP contribution in [0.1, 0.15) is 47.3 Å². The molecular weight excluding hydrogens is 356 g/mol. The van der Waals surface area contributed by atoms with E-state index < -0.39 is 0 Å². The van der Waals surface area contributed by atoms with Gasteiger partial charge in [-0.05, 0) is 74.2 Å². The smallest absolute Gasteiger partial charge is 0.251 e. The van der Waals surface area contributed by atoms with Gasteiger partial charge in [0.2, 0.25) is 5.91 Å². The van der Waals surface area contributed by atoms with Gasteiger partial charge in [0, 0.05) is 21.4 Å². The number of carbonyl (C=O) groups is 2. The van der Waals surface area contributed by atoms with Crippen LogP contribution in [0.3, 0.4) is 0 Å². The van der Waals surface area contributed by atoms with Crippen molar-refractivity contribution < 1.29 is 9.59 Å². The fraction of sp³-hybridized carbons (Fsp3) is 0.364. The number of amides is 2. The second-order valence-corrected chi connectivity index (χ2v) is 8.36. The molecule has 2 amide bonds. The van der Waals surface area contributed by atoms with Crippen molar-refractivity contribution in [2.24, 2.45) is 0 Å². The van der Waals surface area contributed by atoms with Crippen LogP contribution in [0.4, 0.5) is 5.69 Å². The number of hydrogen-bond acceptors (Lipinski definition) is 3. The van der Waals surface area contributed by atoms with Gasteiger partial charge in [-0.3, -0.25) is 9.59 Å². The number of anilines is 1. The van der Waals surface area contributed by atoms with Gasteiger partial charge in [0.05, 0.1) is 6.54 Å². The van der Waals surface area contributed by atoms with Gasteiger partial charge in [0.1, 0.15) is 0 Å². The summed E-state index contributed by atoms with van der Waals surface area (Å²) in [4.78, 5) is 25.6. The molecule has 5 heteroatoms. The van der Waals surface area contributed by atoms with E-state index in [1.165, 1.54) is 4.90 Å². The molecule has 0 fully saturated rings. The van der Waals surface area contributed by atoms with Crippen molar-refractivity contribution in [3.8, 4) is 0 Å². The molecule has 2 rings (SSSR count). The zero-order valence-electron chi connectivity index (χ0n) is 16.7. The third kappa shape index (κ3) is 6.14. The Kier molecular flexibility index (Phi) is 7.48. The Morgan fingerprint density at radius 2 is 1.74 bits per heavy atom. The fourth-order valence-corrected chi connectivity index (χ4v) is 3.53. The van der Waals surface area contributed by atoms with E-state index in [2.05, 4.69) is 30.5 Å². The molecule has 0 spiro atoms. The molecule has 0 aliphatic carbocycles. The van der Waals surface area contributed by atoms with Crippen molar-refractivity contribution >= 4 is 29.3 Å². The van der Waals surface area contributed by atoms with Gasteiger partial charge in [-0.2, -0.15) is 0 Å². The normalized spacial score (nSPS) is 11.7. The number of benzene rings is 2. The van der Waals surface area contributed by atoms with Crippen molar-refractivity contribution in [1.82, 2.24) is 5.32 Å². The summed E-state index contributed by atoms with van der Waals surface area (Å²) in [6.07, 6.45) is 1.11. The second-order valence-electron chi connectivity index (χ2n) is 6.84. The van der Waals surface area contributed by atoms with Crippen molar-refractivity contribution in [2.75, 3.05) is 11.9 Å². The zero-order valence-corrected chi connectivity index (χ0v) is 17.5. The molecule has 4 nitrogen and oxygen atoms in total. The predicted molar refractivity (Wildman–Crippen MR) is 114 cm³/mol. The van der Waals surface area contributed by atoms with E-state index in [0.29, 0.717) is 10.8 Å². The highest BCUT2D eigenvalue weighted by molar-refractivity contribution is 7.99. The molecule has 1 unspecified atom stereocenters. The van der Waals surface area contributed by atoms with Crippen LogP contribution in [0.2, 0.25) is 0 Å². The number of hydrogen-bond donors (Lipinski definition) is 2. The van der Waals surface area contributed by atoms with E-state index in [0.717, 1.165) is 28.8 Å². The average Bonchev–Trinajstić information content (AvgIpc) is 2.64. The lowest BCUT2D eigenvalue weighted by molar-refractivity contribution is -0.115. The predicted octanol–water partition coefficient (Wildman–Crippen LogP) is 4.87. The molecule has 0 aromatic heterocycles. The van der Waals surface area contributed by atoms with Gasteiger partial charge >= 0.3 is 0 Å². The van der Waals surface area contributed by atoms with Crippen molar-refractivity contribution in [3.05, 3.63) is 58.7 Å². The largest absolute Gasteiger partial charge is 0.343 e. The molecule has 27 heavy (non-hydrogen) atoms. The average molecular weight is 385 g/mol. The van der Waals surface area contributed by atoms with Crippen LogP contribution in [0.15, 0.2) is 41.3 Å². The van der Waals surface area contributed by atoms with E-state index >= 15 is 0 Å². The first-order valence-electron chi connectivity index (χ1n) is 9.22. The lowest BCUT2D eigenvalue weighted by Crippen LogP contribution is -2.33. The molecule has 0 bridgehead atoms. The number of thioether (sulfide) groups is 1. The van der Waals surface area contributed by atoms with Crippen molar-refractivity contribution in [3.63, 3.8) is 0 Å². The quantitative estimate of drug-likeness (QED) is 0.670. The minimum atomic E-state index is -0.245. The van der Waals surface area contributed by atoms with Gasteiger partial charge in [-0.25, -0.2) is 0 Å². The first kappa shape index (κ1) is 21.0. The Labute approximate surface area is 166 Å². The Balaban J connectivity index is 1.91. The van der Waals surface area contributed by atoms with Gasteiger partial charge in [-0.1, -0.05) is 19.9 Å². The zero-order chi connectivity index (χ0) is 20.0. The summed E-state index contributed by atoms with van der Waals surface area (Å²) >= 11 is 1.83. The summed E-state index contributed by atoms with van der Waals surface area (Å²) < 4.78 is 0. The van der Waals surface area contributed by atoms with E-state index in [1.807, 2.05) is 56.8 Å². The molecule has 2 aromatic rings. The molecular formula is C22H28N2O2S. The highest BCUT2D eigenvalue weighted by Crippen LogP contribution is 2.28. The molecule has 2 aromatic carbocycles. The van der Waals surface area contributed by atoms with Gasteiger partial charge in [-0.15, -0.1) is 11.8 Å². The standard InChI is InChI=1S/C22H28N2O2S/c1-6-17(5)27-19-9-10-20(16(4)12-19)24-21(25)13-23-22(26)18-8-7-14(2)15(3)11-18/h7-12,17H,6,13H2,1-5H3,(H,23,26)(H,24,25). The first-order valence-corrected chi connectivity index (χ1v) is 10.1. The maximum Gasteiger partial charge on any atom is 0.251 e. The van der Waals surface area contributed by atoms with Crippen LogP contribution in [-0.4, -0.2) is 23.6 Å². The molecule has 0 aliphatic heterocycles. The molecule has 0 aliphatic rings. The molecule has 0 heterocycles. The molecule has 0 saturated carbocycles. The van der Waals surface area contributed by atoms with E-state index in [1.54, 1.807) is 6.07 Å². The minimum Gasteiger partial charge on any atom is -0.343 e. The Morgan fingerprint density at radius 1 is 1.00 bits per heavy atom. The highest BCUT2D eigenvalue weighted by atomic mass is 32.2. The molecule has 144 valence electrons. The summed E-state index contributed by atoms with van der Waals surface area (Å²) in [6.45, 7) is 10.3. The summed E-state index contributed by atoms with van der Waals surface area (Å²) in [5, 5.41) is 6.10. The minimum absolute atomic E-state index is 0.0609. The Hall–Kier alpha value is -2.27. The van der Waals surface area contributed by atoms with Crippen LogP contribution in [0.25, 0.3) is 0 Å². The van der Waals surface area contributed by atoms with Crippen molar-refractivity contribution in [1.29, 1.82) is 0 Å².